The summed E-state index contributed by atoms with van der Waals surface area (Å²) in [6, 6.07) is 8.23. The highest BCUT2D eigenvalue weighted by Crippen LogP contribution is 2.35. The molecule has 2 rings (SSSR count). The molecule has 0 bridgehead atoms. The average molecular weight is 232 g/mol. The van der Waals surface area contributed by atoms with Crippen LogP contribution in [0.2, 0.25) is 0 Å². The minimum atomic E-state index is 0.00861. The third kappa shape index (κ3) is 2.21. The molecule has 92 valence electrons. The van der Waals surface area contributed by atoms with Gasteiger partial charge in [0.05, 0.1) is 6.04 Å². The van der Waals surface area contributed by atoms with Gasteiger partial charge >= 0.3 is 0 Å². The van der Waals surface area contributed by atoms with Crippen LogP contribution < -0.4 is 11.3 Å². The maximum atomic E-state index is 5.94. The lowest BCUT2D eigenvalue weighted by molar-refractivity contribution is 0.243. The molecule has 2 aromatic rings. The zero-order valence-corrected chi connectivity index (χ0v) is 10.9. The summed E-state index contributed by atoms with van der Waals surface area (Å²) < 4.78 is 5.94. The molecule has 0 aliphatic rings. The molecule has 3 heteroatoms. The topological polar surface area (TPSA) is 51.2 Å². The summed E-state index contributed by atoms with van der Waals surface area (Å²) in [6.07, 6.45) is 0. The van der Waals surface area contributed by atoms with E-state index in [0.717, 1.165) is 22.3 Å². The first-order valence-electron chi connectivity index (χ1n) is 5.88. The third-order valence-electron chi connectivity index (χ3n) is 3.08. The Morgan fingerprint density at radius 2 is 2.00 bits per heavy atom. The summed E-state index contributed by atoms with van der Waals surface area (Å²) in [5.74, 6) is 6.53. The van der Waals surface area contributed by atoms with Gasteiger partial charge < -0.3 is 4.42 Å². The molecule has 1 aromatic heterocycles. The van der Waals surface area contributed by atoms with E-state index in [1.165, 1.54) is 0 Å². The predicted molar refractivity (Wildman–Crippen MR) is 70.5 cm³/mol. The summed E-state index contributed by atoms with van der Waals surface area (Å²) in [6.45, 7) is 8.46. The summed E-state index contributed by atoms with van der Waals surface area (Å²) in [4.78, 5) is 0. The largest absolute Gasteiger partial charge is 0.459 e. The van der Waals surface area contributed by atoms with E-state index in [1.54, 1.807) is 0 Å². The van der Waals surface area contributed by atoms with Crippen LogP contribution in [-0.2, 0) is 0 Å². The second-order valence-corrected chi connectivity index (χ2v) is 5.61. The Labute approximate surface area is 102 Å². The van der Waals surface area contributed by atoms with Crippen LogP contribution in [0.4, 0.5) is 0 Å². The Hall–Kier alpha value is -1.32. The van der Waals surface area contributed by atoms with E-state index in [0.29, 0.717) is 0 Å². The maximum absolute atomic E-state index is 5.94. The Kier molecular flexibility index (Phi) is 2.98. The third-order valence-corrected chi connectivity index (χ3v) is 3.08. The summed E-state index contributed by atoms with van der Waals surface area (Å²) in [5.41, 5.74) is 4.96. The molecule has 17 heavy (non-hydrogen) atoms. The summed E-state index contributed by atoms with van der Waals surface area (Å²) in [5, 5.41) is 1.13. The minimum absolute atomic E-state index is 0.00861. The number of benzene rings is 1. The fraction of sp³-hybridized carbons (Fsp3) is 0.429. The molecule has 0 radical (unpaired) electrons. The zero-order valence-electron chi connectivity index (χ0n) is 10.9. The van der Waals surface area contributed by atoms with Crippen molar-refractivity contribution >= 4 is 11.0 Å². The lowest BCUT2D eigenvalue weighted by atomic mass is 9.85. The SMILES string of the molecule is Cc1cccc2cc(C(NN)C(C)(C)C)oc12. The Morgan fingerprint density at radius 1 is 1.29 bits per heavy atom. The van der Waals surface area contributed by atoms with Gasteiger partial charge in [0.25, 0.3) is 0 Å². The second kappa shape index (κ2) is 4.17. The molecule has 3 nitrogen and oxygen atoms in total. The number of nitrogens with one attached hydrogen (secondary N) is 1. The van der Waals surface area contributed by atoms with E-state index >= 15 is 0 Å². The van der Waals surface area contributed by atoms with Gasteiger partial charge in [-0.3, -0.25) is 5.84 Å². The quantitative estimate of drug-likeness (QED) is 0.617. The van der Waals surface area contributed by atoms with Gasteiger partial charge in [-0.05, 0) is 24.0 Å². The van der Waals surface area contributed by atoms with Crippen molar-refractivity contribution in [1.29, 1.82) is 0 Å². The predicted octanol–water partition coefficient (Wildman–Crippen LogP) is 3.29. The highest BCUT2D eigenvalue weighted by atomic mass is 16.3. The molecular weight excluding hydrogens is 212 g/mol. The van der Waals surface area contributed by atoms with Gasteiger partial charge in [-0.2, -0.15) is 0 Å². The van der Waals surface area contributed by atoms with E-state index < -0.39 is 0 Å². The maximum Gasteiger partial charge on any atom is 0.137 e. The van der Waals surface area contributed by atoms with Crippen molar-refractivity contribution < 1.29 is 4.42 Å². The lowest BCUT2D eigenvalue weighted by Gasteiger charge is -2.28. The van der Waals surface area contributed by atoms with Crippen molar-refractivity contribution in [3.8, 4) is 0 Å². The zero-order chi connectivity index (χ0) is 12.6. The number of para-hydroxylation sites is 1. The Bertz CT molecular complexity index is 522. The van der Waals surface area contributed by atoms with Gasteiger partial charge in [-0.25, -0.2) is 5.43 Å². The van der Waals surface area contributed by atoms with Crippen molar-refractivity contribution in [2.45, 2.75) is 33.7 Å². The average Bonchev–Trinajstić information content (AvgIpc) is 2.61. The van der Waals surface area contributed by atoms with Crippen LogP contribution in [-0.4, -0.2) is 0 Å². The number of fused-ring (bicyclic) bond motifs is 1. The molecular formula is C14H20N2O. The van der Waals surface area contributed by atoms with E-state index in [2.05, 4.69) is 51.3 Å². The Morgan fingerprint density at radius 3 is 2.53 bits per heavy atom. The van der Waals surface area contributed by atoms with Crippen LogP contribution in [0.25, 0.3) is 11.0 Å². The van der Waals surface area contributed by atoms with Crippen LogP contribution in [0.5, 0.6) is 0 Å². The fourth-order valence-corrected chi connectivity index (χ4v) is 2.13. The number of furan rings is 1. The molecule has 1 aromatic carbocycles. The standard InChI is InChI=1S/C14H20N2O/c1-9-6-5-7-10-8-11(17-12(9)10)13(16-15)14(2,3)4/h5-8,13,16H,15H2,1-4H3. The van der Waals surface area contributed by atoms with Crippen LogP contribution in [0.3, 0.4) is 0 Å². The molecule has 0 fully saturated rings. The molecule has 3 N–H and O–H groups in total. The van der Waals surface area contributed by atoms with Gasteiger partial charge in [0.1, 0.15) is 11.3 Å². The van der Waals surface area contributed by atoms with Crippen molar-refractivity contribution in [2.75, 3.05) is 0 Å². The van der Waals surface area contributed by atoms with Crippen molar-refractivity contribution in [3.63, 3.8) is 0 Å². The number of hydrazine groups is 1. The van der Waals surface area contributed by atoms with Gasteiger partial charge in [0.2, 0.25) is 0 Å². The van der Waals surface area contributed by atoms with Gasteiger partial charge in [-0.15, -0.1) is 0 Å². The van der Waals surface area contributed by atoms with Crippen molar-refractivity contribution in [3.05, 3.63) is 35.6 Å². The first kappa shape index (κ1) is 12.1. The van der Waals surface area contributed by atoms with Crippen LogP contribution in [0, 0.1) is 12.3 Å². The summed E-state index contributed by atoms with van der Waals surface area (Å²) >= 11 is 0. The minimum Gasteiger partial charge on any atom is -0.459 e. The van der Waals surface area contributed by atoms with Crippen molar-refractivity contribution in [2.24, 2.45) is 11.3 Å². The molecule has 0 saturated heterocycles. The molecule has 0 saturated carbocycles. The smallest absolute Gasteiger partial charge is 0.137 e. The molecule has 1 unspecified atom stereocenters. The van der Waals surface area contributed by atoms with Crippen LogP contribution in [0.15, 0.2) is 28.7 Å². The number of rotatable bonds is 2. The number of aryl methyl sites for hydroxylation is 1. The first-order valence-corrected chi connectivity index (χ1v) is 5.88. The van der Waals surface area contributed by atoms with Crippen molar-refractivity contribution in [1.82, 2.24) is 5.43 Å². The molecule has 1 atom stereocenters. The van der Waals surface area contributed by atoms with Crippen LogP contribution >= 0.6 is 0 Å². The normalized spacial score (nSPS) is 14.2. The highest BCUT2D eigenvalue weighted by molar-refractivity contribution is 5.81. The summed E-state index contributed by atoms with van der Waals surface area (Å²) in [7, 11) is 0. The second-order valence-electron chi connectivity index (χ2n) is 5.61. The Balaban J connectivity index is 2.52. The van der Waals surface area contributed by atoms with Gasteiger partial charge in [0.15, 0.2) is 0 Å². The van der Waals surface area contributed by atoms with Crippen LogP contribution in [0.1, 0.15) is 38.1 Å². The highest BCUT2D eigenvalue weighted by Gasteiger charge is 2.28. The first-order chi connectivity index (χ1) is 7.93. The molecule has 1 heterocycles. The fourth-order valence-electron chi connectivity index (χ4n) is 2.13. The van der Waals surface area contributed by atoms with E-state index in [4.69, 9.17) is 10.3 Å². The van der Waals surface area contributed by atoms with Gasteiger partial charge in [0, 0.05) is 5.39 Å². The number of nitrogens with two attached hydrogens (primary N) is 1. The van der Waals surface area contributed by atoms with E-state index in [-0.39, 0.29) is 11.5 Å². The molecule has 0 amide bonds. The van der Waals surface area contributed by atoms with E-state index in [9.17, 15) is 0 Å². The number of hydrogen-bond acceptors (Lipinski definition) is 3. The van der Waals surface area contributed by atoms with Gasteiger partial charge in [-0.1, -0.05) is 39.0 Å². The lowest BCUT2D eigenvalue weighted by Crippen LogP contribution is -2.36. The molecule has 0 spiro atoms. The monoisotopic (exact) mass is 232 g/mol. The molecule has 0 aliphatic carbocycles. The van der Waals surface area contributed by atoms with E-state index in [1.807, 2.05) is 6.07 Å². The number of hydrogen-bond donors (Lipinski definition) is 2. The molecule has 0 aliphatic heterocycles.